The Labute approximate surface area is 125 Å². The molecular formula is C14H25N3O4. The van der Waals surface area contributed by atoms with Crippen molar-refractivity contribution in [1.29, 1.82) is 0 Å². The first-order valence-electron chi connectivity index (χ1n) is 7.44. The minimum absolute atomic E-state index is 0.0322. The molecule has 0 bridgehead atoms. The molecule has 1 heterocycles. The maximum atomic E-state index is 12.1. The highest BCUT2D eigenvalue weighted by atomic mass is 16.4. The largest absolute Gasteiger partial charge is 0.481 e. The van der Waals surface area contributed by atoms with Gasteiger partial charge >= 0.3 is 12.0 Å². The molecule has 0 aromatic heterocycles. The van der Waals surface area contributed by atoms with E-state index in [9.17, 15) is 14.4 Å². The summed E-state index contributed by atoms with van der Waals surface area (Å²) in [5.41, 5.74) is 0. The first-order chi connectivity index (χ1) is 9.93. The molecule has 1 atom stereocenters. The van der Waals surface area contributed by atoms with Gasteiger partial charge in [0.05, 0.1) is 0 Å². The molecule has 3 amide bonds. The number of nitrogens with zero attached hydrogens (tertiary/aromatic N) is 2. The number of nitrogens with one attached hydrogen (secondary N) is 1. The van der Waals surface area contributed by atoms with Crippen molar-refractivity contribution < 1.29 is 19.5 Å². The van der Waals surface area contributed by atoms with Crippen LogP contribution in [0.15, 0.2) is 0 Å². The first-order valence-corrected chi connectivity index (χ1v) is 7.44. The van der Waals surface area contributed by atoms with Crippen molar-refractivity contribution in [2.24, 2.45) is 5.92 Å². The second-order valence-corrected chi connectivity index (χ2v) is 5.40. The molecule has 2 N–H and O–H groups in total. The molecule has 0 aliphatic carbocycles. The van der Waals surface area contributed by atoms with Gasteiger partial charge in [0.2, 0.25) is 5.91 Å². The van der Waals surface area contributed by atoms with Gasteiger partial charge in [-0.1, -0.05) is 13.3 Å². The summed E-state index contributed by atoms with van der Waals surface area (Å²) in [5, 5.41) is 11.6. The summed E-state index contributed by atoms with van der Waals surface area (Å²) in [5.74, 6) is -0.861. The number of carbonyl (C=O) groups excluding carboxylic acids is 2. The smallest absolute Gasteiger partial charge is 0.317 e. The molecule has 0 aromatic carbocycles. The Morgan fingerprint density at radius 2 is 1.76 bits per heavy atom. The Balaban J connectivity index is 2.41. The van der Waals surface area contributed by atoms with Crippen LogP contribution in [0, 0.1) is 5.92 Å². The molecule has 1 unspecified atom stereocenters. The van der Waals surface area contributed by atoms with Crippen molar-refractivity contribution in [2.75, 3.05) is 32.7 Å². The molecule has 0 aromatic rings. The van der Waals surface area contributed by atoms with Gasteiger partial charge in [0, 0.05) is 46.1 Å². The molecule has 1 aliphatic heterocycles. The van der Waals surface area contributed by atoms with E-state index >= 15 is 0 Å². The third-order valence-electron chi connectivity index (χ3n) is 3.81. The maximum Gasteiger partial charge on any atom is 0.317 e. The van der Waals surface area contributed by atoms with Gasteiger partial charge < -0.3 is 20.2 Å². The zero-order valence-corrected chi connectivity index (χ0v) is 12.8. The van der Waals surface area contributed by atoms with E-state index in [4.69, 9.17) is 5.11 Å². The van der Waals surface area contributed by atoms with Crippen LogP contribution >= 0.6 is 0 Å². The lowest BCUT2D eigenvalue weighted by Crippen LogP contribution is -2.44. The van der Waals surface area contributed by atoms with E-state index in [1.54, 1.807) is 9.80 Å². The second-order valence-electron chi connectivity index (χ2n) is 5.40. The highest BCUT2D eigenvalue weighted by molar-refractivity contribution is 5.75. The van der Waals surface area contributed by atoms with Crippen LogP contribution in [0.25, 0.3) is 0 Å². The predicted molar refractivity (Wildman–Crippen MR) is 77.9 cm³/mol. The number of urea groups is 1. The molecule has 1 fully saturated rings. The van der Waals surface area contributed by atoms with E-state index < -0.39 is 5.97 Å². The van der Waals surface area contributed by atoms with Crippen molar-refractivity contribution in [3.05, 3.63) is 0 Å². The monoisotopic (exact) mass is 299 g/mol. The normalized spacial score (nSPS) is 17.0. The number of hydrogen-bond donors (Lipinski definition) is 2. The summed E-state index contributed by atoms with van der Waals surface area (Å²) in [6.07, 6.45) is 1.54. The second kappa shape index (κ2) is 8.49. The lowest BCUT2D eigenvalue weighted by atomic mass is 10.0. The lowest BCUT2D eigenvalue weighted by Gasteiger charge is -2.23. The maximum absolute atomic E-state index is 12.1. The molecule has 1 rings (SSSR count). The van der Waals surface area contributed by atoms with E-state index in [1.165, 1.54) is 6.92 Å². The van der Waals surface area contributed by atoms with Gasteiger partial charge in [-0.3, -0.25) is 9.59 Å². The van der Waals surface area contributed by atoms with Crippen molar-refractivity contribution in [3.63, 3.8) is 0 Å². The summed E-state index contributed by atoms with van der Waals surface area (Å²) in [7, 11) is 0. The molecule has 21 heavy (non-hydrogen) atoms. The van der Waals surface area contributed by atoms with Crippen LogP contribution in [-0.4, -0.2) is 65.5 Å². The fraction of sp³-hybridized carbons (Fsp3) is 0.786. The fourth-order valence-electron chi connectivity index (χ4n) is 2.39. The zero-order valence-electron chi connectivity index (χ0n) is 12.8. The molecule has 0 spiro atoms. The van der Waals surface area contributed by atoms with Gasteiger partial charge in [-0.2, -0.15) is 0 Å². The Morgan fingerprint density at radius 1 is 1.14 bits per heavy atom. The van der Waals surface area contributed by atoms with Crippen LogP contribution in [0.4, 0.5) is 4.79 Å². The summed E-state index contributed by atoms with van der Waals surface area (Å²) >= 11 is 0. The van der Waals surface area contributed by atoms with Gasteiger partial charge in [-0.25, -0.2) is 4.79 Å². The van der Waals surface area contributed by atoms with E-state index in [2.05, 4.69) is 5.32 Å². The number of rotatable bonds is 5. The summed E-state index contributed by atoms with van der Waals surface area (Å²) < 4.78 is 0. The molecule has 120 valence electrons. The third kappa shape index (κ3) is 6.01. The SMILES string of the molecule is CCC(CNC(=O)N1CCCN(C(C)=O)CC1)CC(=O)O. The van der Waals surface area contributed by atoms with E-state index in [0.717, 1.165) is 6.42 Å². The zero-order chi connectivity index (χ0) is 15.8. The quantitative estimate of drug-likeness (QED) is 0.784. The highest BCUT2D eigenvalue weighted by Gasteiger charge is 2.21. The van der Waals surface area contributed by atoms with Crippen LogP contribution in [-0.2, 0) is 9.59 Å². The average molecular weight is 299 g/mol. The molecule has 1 saturated heterocycles. The number of amides is 3. The molecule has 7 nitrogen and oxygen atoms in total. The minimum atomic E-state index is -0.844. The molecule has 0 saturated carbocycles. The average Bonchev–Trinajstić information content (AvgIpc) is 2.68. The van der Waals surface area contributed by atoms with Crippen LogP contribution in [0.1, 0.15) is 33.1 Å². The number of aliphatic carboxylic acids is 1. The fourth-order valence-corrected chi connectivity index (χ4v) is 2.39. The minimum Gasteiger partial charge on any atom is -0.481 e. The van der Waals surface area contributed by atoms with Crippen molar-refractivity contribution in [1.82, 2.24) is 15.1 Å². The molecule has 0 radical (unpaired) electrons. The standard InChI is InChI=1S/C14H25N3O4/c1-3-12(9-13(19)20)10-15-14(21)17-6-4-5-16(7-8-17)11(2)18/h12H,3-10H2,1-2H3,(H,15,21)(H,19,20). The highest BCUT2D eigenvalue weighted by Crippen LogP contribution is 2.08. The van der Waals surface area contributed by atoms with Crippen LogP contribution in [0.2, 0.25) is 0 Å². The Kier molecular flexibility index (Phi) is 6.98. The first kappa shape index (κ1) is 17.3. The predicted octanol–water partition coefficient (Wildman–Crippen LogP) is 0.751. The molecular weight excluding hydrogens is 274 g/mol. The van der Waals surface area contributed by atoms with Crippen LogP contribution in [0.3, 0.4) is 0 Å². The molecule has 1 aliphatic rings. The van der Waals surface area contributed by atoms with Gasteiger partial charge in [0.1, 0.15) is 0 Å². The molecule has 7 heteroatoms. The van der Waals surface area contributed by atoms with E-state index in [1.807, 2.05) is 6.92 Å². The van der Waals surface area contributed by atoms with Crippen molar-refractivity contribution >= 4 is 17.9 Å². The van der Waals surface area contributed by atoms with Gasteiger partial charge in [-0.15, -0.1) is 0 Å². The Morgan fingerprint density at radius 3 is 2.33 bits per heavy atom. The van der Waals surface area contributed by atoms with Gasteiger partial charge in [0.15, 0.2) is 0 Å². The van der Waals surface area contributed by atoms with E-state index in [0.29, 0.717) is 39.1 Å². The van der Waals surface area contributed by atoms with Crippen molar-refractivity contribution in [3.8, 4) is 0 Å². The number of carbonyl (C=O) groups is 3. The Bertz CT molecular complexity index is 386. The van der Waals surface area contributed by atoms with Crippen LogP contribution in [0.5, 0.6) is 0 Å². The van der Waals surface area contributed by atoms with Crippen LogP contribution < -0.4 is 5.32 Å². The van der Waals surface area contributed by atoms with Gasteiger partial charge in [0.25, 0.3) is 0 Å². The topological polar surface area (TPSA) is 90.0 Å². The third-order valence-corrected chi connectivity index (χ3v) is 3.81. The summed E-state index contributed by atoms with van der Waals surface area (Å²) in [4.78, 5) is 37.6. The van der Waals surface area contributed by atoms with E-state index in [-0.39, 0.29) is 24.3 Å². The number of carboxylic acid groups (broad SMARTS) is 1. The van der Waals surface area contributed by atoms with Gasteiger partial charge in [-0.05, 0) is 12.3 Å². The lowest BCUT2D eigenvalue weighted by molar-refractivity contribution is -0.138. The number of carboxylic acids is 1. The summed E-state index contributed by atoms with van der Waals surface area (Å²) in [6.45, 7) is 6.18. The van der Waals surface area contributed by atoms with Crippen molar-refractivity contribution in [2.45, 2.75) is 33.1 Å². The summed E-state index contributed by atoms with van der Waals surface area (Å²) in [6, 6.07) is -0.177. The Hall–Kier alpha value is -1.79. The number of hydrogen-bond acceptors (Lipinski definition) is 3.